The smallest absolute Gasteiger partial charge is 0.392 e. The van der Waals surface area contributed by atoms with Gasteiger partial charge in [0.2, 0.25) is 0 Å². The van der Waals surface area contributed by atoms with Gasteiger partial charge in [-0.1, -0.05) is 24.0 Å². The highest BCUT2D eigenvalue weighted by atomic mass is 19.4. The van der Waals surface area contributed by atoms with Crippen molar-refractivity contribution in [1.29, 1.82) is 0 Å². The fourth-order valence-electron chi connectivity index (χ4n) is 1.70. The fraction of sp³-hybridized carbons (Fsp3) is 0.438. The van der Waals surface area contributed by atoms with E-state index in [1.807, 2.05) is 29.6 Å². The van der Waals surface area contributed by atoms with Gasteiger partial charge >= 0.3 is 12.1 Å². The van der Waals surface area contributed by atoms with Crippen LogP contribution in [0.5, 0.6) is 0 Å². The number of aliphatic hydroxyl groups excluding tert-OH is 1. The number of alkyl halides is 3. The van der Waals surface area contributed by atoms with Crippen LogP contribution < -0.4 is 5.32 Å². The van der Waals surface area contributed by atoms with Crippen LogP contribution in [0.2, 0.25) is 0 Å². The van der Waals surface area contributed by atoms with Crippen molar-refractivity contribution in [3.63, 3.8) is 0 Å². The zero-order valence-corrected chi connectivity index (χ0v) is 12.2. The Kier molecular flexibility index (Phi) is 6.93. The molecule has 0 aliphatic carbocycles. The molecule has 0 radical (unpaired) electrons. The van der Waals surface area contributed by atoms with E-state index < -0.39 is 18.2 Å². The first-order valence-electron chi connectivity index (χ1n) is 6.90. The molecule has 0 fully saturated rings. The lowest BCUT2D eigenvalue weighted by Gasteiger charge is -2.07. The number of benzene rings is 1. The third kappa shape index (κ3) is 7.14. The van der Waals surface area contributed by atoms with Gasteiger partial charge in [0.1, 0.15) is 0 Å². The highest BCUT2D eigenvalue weighted by Gasteiger charge is 2.38. The van der Waals surface area contributed by atoms with Crippen LogP contribution in [0.4, 0.5) is 13.2 Å². The lowest BCUT2D eigenvalue weighted by molar-refractivity contribution is -0.173. The monoisotopic (exact) mass is 313 g/mol. The van der Waals surface area contributed by atoms with Crippen LogP contribution in [0.1, 0.15) is 30.9 Å². The summed E-state index contributed by atoms with van der Waals surface area (Å²) in [6, 6.07) is 7.34. The van der Waals surface area contributed by atoms with Gasteiger partial charge in [-0.2, -0.15) is 13.2 Å². The molecule has 3 nitrogen and oxygen atoms in total. The number of aliphatic hydroxyl groups is 1. The maximum Gasteiger partial charge on any atom is 0.471 e. The number of carbonyl (C=O) groups excluding carboxylic acids is 1. The first-order valence-corrected chi connectivity index (χ1v) is 6.90. The molecule has 6 heteroatoms. The van der Waals surface area contributed by atoms with Gasteiger partial charge in [-0.3, -0.25) is 4.79 Å². The highest BCUT2D eigenvalue weighted by Crippen LogP contribution is 2.14. The largest absolute Gasteiger partial charge is 0.471 e. The van der Waals surface area contributed by atoms with Crippen molar-refractivity contribution in [2.24, 2.45) is 0 Å². The van der Waals surface area contributed by atoms with Gasteiger partial charge in [0, 0.05) is 18.5 Å². The molecule has 0 heterocycles. The third-order valence-corrected chi connectivity index (χ3v) is 2.74. The summed E-state index contributed by atoms with van der Waals surface area (Å²) in [4.78, 5) is 10.6. The minimum absolute atomic E-state index is 0.0315. The Labute approximate surface area is 127 Å². The molecule has 2 N–H and O–H groups in total. The Balaban J connectivity index is 2.43. The SMILES string of the molecule is CC(O)CC#Cc1cccc(CCCNC(=O)C(F)(F)F)c1. The molecule has 1 unspecified atom stereocenters. The minimum atomic E-state index is -4.83. The standard InChI is InChI=1S/C16H18F3NO2/c1-12(21)5-2-6-13-7-3-8-14(11-13)9-4-10-20-15(22)16(17,18)19/h3,7-8,11-12,21H,4-5,9-10H2,1H3,(H,20,22). The summed E-state index contributed by atoms with van der Waals surface area (Å²) in [6.45, 7) is 1.62. The second kappa shape index (κ2) is 8.44. The van der Waals surface area contributed by atoms with E-state index in [0.717, 1.165) is 11.1 Å². The summed E-state index contributed by atoms with van der Waals surface area (Å²) in [7, 11) is 0. The van der Waals surface area contributed by atoms with Crippen LogP contribution in [0.3, 0.4) is 0 Å². The molecule has 0 aliphatic rings. The van der Waals surface area contributed by atoms with Crippen LogP contribution in [0.15, 0.2) is 24.3 Å². The fourth-order valence-corrected chi connectivity index (χ4v) is 1.70. The quantitative estimate of drug-likeness (QED) is 0.648. The molecular formula is C16H18F3NO2. The van der Waals surface area contributed by atoms with Gasteiger partial charge in [0.15, 0.2) is 0 Å². The maximum atomic E-state index is 12.0. The Morgan fingerprint density at radius 3 is 2.77 bits per heavy atom. The van der Waals surface area contributed by atoms with Gasteiger partial charge in [-0.25, -0.2) is 0 Å². The van der Waals surface area contributed by atoms with Crippen LogP contribution in [0.25, 0.3) is 0 Å². The summed E-state index contributed by atoms with van der Waals surface area (Å²) < 4.78 is 35.9. The second-order valence-electron chi connectivity index (χ2n) is 4.91. The van der Waals surface area contributed by atoms with E-state index in [4.69, 9.17) is 5.11 Å². The van der Waals surface area contributed by atoms with Crippen LogP contribution in [-0.4, -0.2) is 29.8 Å². The van der Waals surface area contributed by atoms with Gasteiger partial charge in [-0.05, 0) is 37.5 Å². The molecule has 1 aromatic carbocycles. The highest BCUT2D eigenvalue weighted by molar-refractivity contribution is 5.81. The molecule has 22 heavy (non-hydrogen) atoms. The van der Waals surface area contributed by atoms with Crippen molar-refractivity contribution in [3.05, 3.63) is 35.4 Å². The third-order valence-electron chi connectivity index (χ3n) is 2.74. The summed E-state index contributed by atoms with van der Waals surface area (Å²) >= 11 is 0. The van der Waals surface area contributed by atoms with Crippen molar-refractivity contribution < 1.29 is 23.1 Å². The lowest BCUT2D eigenvalue weighted by Crippen LogP contribution is -2.37. The number of hydrogen-bond donors (Lipinski definition) is 2. The van der Waals surface area contributed by atoms with E-state index in [0.29, 0.717) is 19.3 Å². The Morgan fingerprint density at radius 1 is 1.41 bits per heavy atom. The summed E-state index contributed by atoms with van der Waals surface area (Å²) in [6.07, 6.45) is -3.98. The zero-order valence-electron chi connectivity index (χ0n) is 12.2. The van der Waals surface area contributed by atoms with Gasteiger partial charge < -0.3 is 10.4 Å². The molecule has 0 saturated heterocycles. The van der Waals surface area contributed by atoms with Gasteiger partial charge in [-0.15, -0.1) is 0 Å². The molecule has 0 saturated carbocycles. The molecule has 0 bridgehead atoms. The topological polar surface area (TPSA) is 49.3 Å². The maximum absolute atomic E-state index is 12.0. The number of amides is 1. The Bertz CT molecular complexity index is 556. The number of rotatable bonds is 5. The van der Waals surface area contributed by atoms with Crippen molar-refractivity contribution in [2.75, 3.05) is 6.54 Å². The van der Waals surface area contributed by atoms with Crippen molar-refractivity contribution in [3.8, 4) is 11.8 Å². The predicted molar refractivity (Wildman–Crippen MR) is 77.0 cm³/mol. The average Bonchev–Trinajstić information content (AvgIpc) is 2.42. The Morgan fingerprint density at radius 2 is 2.14 bits per heavy atom. The number of hydrogen-bond acceptors (Lipinski definition) is 2. The van der Waals surface area contributed by atoms with E-state index in [1.54, 1.807) is 6.92 Å². The summed E-state index contributed by atoms with van der Waals surface area (Å²) in [5.74, 6) is 3.85. The normalized spacial score (nSPS) is 12.2. The predicted octanol–water partition coefficient (Wildman–Crippen LogP) is 2.42. The molecule has 1 rings (SSSR count). The van der Waals surface area contributed by atoms with E-state index in [9.17, 15) is 18.0 Å². The van der Waals surface area contributed by atoms with Crippen LogP contribution in [0, 0.1) is 11.8 Å². The minimum Gasteiger partial charge on any atom is -0.392 e. The molecule has 0 aromatic heterocycles. The van der Waals surface area contributed by atoms with Gasteiger partial charge in [0.05, 0.1) is 6.10 Å². The van der Waals surface area contributed by atoms with E-state index >= 15 is 0 Å². The number of halogens is 3. The van der Waals surface area contributed by atoms with Crippen LogP contribution in [-0.2, 0) is 11.2 Å². The summed E-state index contributed by atoms with van der Waals surface area (Å²) in [5.41, 5.74) is 1.72. The zero-order chi connectivity index (χ0) is 16.6. The molecule has 1 amide bonds. The molecule has 0 spiro atoms. The number of nitrogens with one attached hydrogen (secondary N) is 1. The molecule has 0 aliphatic heterocycles. The van der Waals surface area contributed by atoms with E-state index in [2.05, 4.69) is 11.8 Å². The molecule has 1 aromatic rings. The van der Waals surface area contributed by atoms with Crippen molar-refractivity contribution >= 4 is 5.91 Å². The Hall–Kier alpha value is -2.00. The summed E-state index contributed by atoms with van der Waals surface area (Å²) in [5, 5.41) is 10.9. The molecule has 1 atom stereocenters. The number of aryl methyl sites for hydroxylation is 1. The number of carbonyl (C=O) groups is 1. The van der Waals surface area contributed by atoms with Crippen molar-refractivity contribution in [1.82, 2.24) is 5.32 Å². The van der Waals surface area contributed by atoms with Crippen LogP contribution >= 0.6 is 0 Å². The van der Waals surface area contributed by atoms with E-state index in [-0.39, 0.29) is 6.54 Å². The average molecular weight is 313 g/mol. The van der Waals surface area contributed by atoms with Gasteiger partial charge in [0.25, 0.3) is 0 Å². The van der Waals surface area contributed by atoms with Crippen molar-refractivity contribution in [2.45, 2.75) is 38.5 Å². The first-order chi connectivity index (χ1) is 10.3. The first kappa shape index (κ1) is 18.1. The van der Waals surface area contributed by atoms with E-state index in [1.165, 1.54) is 0 Å². The molecular weight excluding hydrogens is 295 g/mol. The molecule has 120 valence electrons. The second-order valence-corrected chi connectivity index (χ2v) is 4.91. The lowest BCUT2D eigenvalue weighted by atomic mass is 10.1.